The van der Waals surface area contributed by atoms with Gasteiger partial charge in [0.1, 0.15) is 0 Å². The molecule has 0 unspecified atom stereocenters. The number of benzene rings is 1. The Bertz CT molecular complexity index is 337. The Hall–Kier alpha value is -1.75. The normalized spacial score (nSPS) is 11.6. The van der Waals surface area contributed by atoms with Crippen molar-refractivity contribution in [3.8, 4) is 12.3 Å². The van der Waals surface area contributed by atoms with Gasteiger partial charge in [-0.05, 0) is 12.0 Å². The van der Waals surface area contributed by atoms with Gasteiger partial charge in [-0.15, -0.1) is 12.3 Å². The maximum absolute atomic E-state index is 11.0. The zero-order chi connectivity index (χ0) is 10.4. The van der Waals surface area contributed by atoms with E-state index in [0.717, 1.165) is 5.56 Å². The number of carbonyl (C=O) groups is 1. The molecular weight excluding hydrogens is 174 g/mol. The minimum Gasteiger partial charge on any atom is -0.369 e. The Morgan fingerprint density at radius 2 is 2.07 bits per heavy atom. The largest absolute Gasteiger partial charge is 0.369 e. The summed E-state index contributed by atoms with van der Waals surface area (Å²) < 4.78 is 0. The molecule has 0 spiro atoms. The van der Waals surface area contributed by atoms with E-state index in [1.165, 1.54) is 0 Å². The van der Waals surface area contributed by atoms with Gasteiger partial charge in [-0.1, -0.05) is 30.3 Å². The van der Waals surface area contributed by atoms with Crippen LogP contribution in [0, 0.1) is 18.3 Å². The van der Waals surface area contributed by atoms with E-state index in [9.17, 15) is 4.79 Å². The summed E-state index contributed by atoms with van der Waals surface area (Å²) in [5, 5.41) is 0. The number of rotatable bonds is 4. The van der Waals surface area contributed by atoms with Gasteiger partial charge in [0.2, 0.25) is 5.91 Å². The Labute approximate surface area is 84.1 Å². The zero-order valence-electron chi connectivity index (χ0n) is 7.94. The fourth-order valence-electron chi connectivity index (χ4n) is 1.31. The molecule has 0 aliphatic carbocycles. The van der Waals surface area contributed by atoms with Crippen LogP contribution in [-0.2, 0) is 11.2 Å². The van der Waals surface area contributed by atoms with Crippen molar-refractivity contribution >= 4 is 5.91 Å². The summed E-state index contributed by atoms with van der Waals surface area (Å²) in [5.74, 6) is 1.89. The highest BCUT2D eigenvalue weighted by molar-refractivity contribution is 5.77. The highest BCUT2D eigenvalue weighted by atomic mass is 16.1. The predicted molar refractivity (Wildman–Crippen MR) is 56.3 cm³/mol. The molecule has 0 aromatic heterocycles. The molecule has 1 rings (SSSR count). The van der Waals surface area contributed by atoms with Crippen LogP contribution in [0.15, 0.2) is 30.3 Å². The molecule has 0 saturated heterocycles. The monoisotopic (exact) mass is 187 g/mol. The van der Waals surface area contributed by atoms with Gasteiger partial charge in [0, 0.05) is 6.42 Å². The molecule has 0 radical (unpaired) electrons. The molecule has 0 aliphatic rings. The number of carbonyl (C=O) groups excluding carboxylic acids is 1. The number of hydrogen-bond donors (Lipinski definition) is 1. The van der Waals surface area contributed by atoms with Gasteiger partial charge in [0.05, 0.1) is 5.92 Å². The molecule has 72 valence electrons. The smallest absolute Gasteiger partial charge is 0.221 e. The first-order valence-electron chi connectivity index (χ1n) is 4.50. The summed E-state index contributed by atoms with van der Waals surface area (Å²) in [5.41, 5.74) is 6.33. The van der Waals surface area contributed by atoms with Crippen LogP contribution < -0.4 is 5.73 Å². The van der Waals surface area contributed by atoms with Crippen molar-refractivity contribution < 1.29 is 4.79 Å². The molecule has 2 heteroatoms. The van der Waals surface area contributed by atoms with Gasteiger partial charge in [0.15, 0.2) is 0 Å². The van der Waals surface area contributed by atoms with Crippen LogP contribution in [0.5, 0.6) is 0 Å². The summed E-state index contributed by atoms with van der Waals surface area (Å²) in [6.07, 6.45) is 6.20. The summed E-state index contributed by atoms with van der Waals surface area (Å²) >= 11 is 0. The first kappa shape index (κ1) is 10.3. The zero-order valence-corrected chi connectivity index (χ0v) is 7.94. The lowest BCUT2D eigenvalue weighted by Gasteiger charge is -2.09. The van der Waals surface area contributed by atoms with Gasteiger partial charge in [-0.25, -0.2) is 0 Å². The first-order chi connectivity index (χ1) is 6.74. The minimum absolute atomic E-state index is 0.248. The number of terminal acetylenes is 1. The van der Waals surface area contributed by atoms with Crippen molar-refractivity contribution in [1.82, 2.24) is 0 Å². The lowest BCUT2D eigenvalue weighted by Crippen LogP contribution is -2.24. The van der Waals surface area contributed by atoms with E-state index in [2.05, 4.69) is 5.92 Å². The molecule has 0 saturated carbocycles. The molecule has 14 heavy (non-hydrogen) atoms. The SMILES string of the molecule is C#CC[C@H](Cc1ccccc1)C(N)=O. The lowest BCUT2D eigenvalue weighted by atomic mass is 9.96. The molecular formula is C12H13NO. The molecule has 1 aromatic rings. The topological polar surface area (TPSA) is 43.1 Å². The van der Waals surface area contributed by atoms with E-state index in [4.69, 9.17) is 12.2 Å². The third-order valence-corrected chi connectivity index (χ3v) is 2.09. The molecule has 0 aliphatic heterocycles. The van der Waals surface area contributed by atoms with Crippen molar-refractivity contribution in [2.45, 2.75) is 12.8 Å². The summed E-state index contributed by atoms with van der Waals surface area (Å²) in [4.78, 5) is 11.0. The van der Waals surface area contributed by atoms with Crippen LogP contribution in [0.25, 0.3) is 0 Å². The lowest BCUT2D eigenvalue weighted by molar-refractivity contribution is -0.121. The quantitative estimate of drug-likeness (QED) is 0.710. The Kier molecular flexibility index (Phi) is 3.75. The van der Waals surface area contributed by atoms with Crippen molar-refractivity contribution in [2.24, 2.45) is 11.7 Å². The van der Waals surface area contributed by atoms with Crippen LogP contribution in [0.2, 0.25) is 0 Å². The summed E-state index contributed by atoms with van der Waals surface area (Å²) in [7, 11) is 0. The van der Waals surface area contributed by atoms with E-state index in [1.807, 2.05) is 30.3 Å². The molecule has 0 bridgehead atoms. The van der Waals surface area contributed by atoms with Gasteiger partial charge >= 0.3 is 0 Å². The van der Waals surface area contributed by atoms with Crippen LogP contribution in [0.4, 0.5) is 0 Å². The third kappa shape index (κ3) is 2.95. The molecule has 1 aromatic carbocycles. The van der Waals surface area contributed by atoms with Crippen LogP contribution >= 0.6 is 0 Å². The number of hydrogen-bond acceptors (Lipinski definition) is 1. The second-order valence-electron chi connectivity index (χ2n) is 3.20. The number of amides is 1. The highest BCUT2D eigenvalue weighted by Crippen LogP contribution is 2.11. The predicted octanol–water partition coefficient (Wildman–Crippen LogP) is 1.35. The Balaban J connectivity index is 2.66. The van der Waals surface area contributed by atoms with Gasteiger partial charge in [0.25, 0.3) is 0 Å². The van der Waals surface area contributed by atoms with Crippen molar-refractivity contribution in [1.29, 1.82) is 0 Å². The average molecular weight is 187 g/mol. The fraction of sp³-hybridized carbons (Fsp3) is 0.250. The maximum Gasteiger partial charge on any atom is 0.221 e. The molecule has 1 amide bonds. The first-order valence-corrected chi connectivity index (χ1v) is 4.50. The molecule has 2 N–H and O–H groups in total. The Morgan fingerprint density at radius 1 is 1.43 bits per heavy atom. The van der Waals surface area contributed by atoms with Crippen LogP contribution in [0.1, 0.15) is 12.0 Å². The van der Waals surface area contributed by atoms with Crippen LogP contribution in [0.3, 0.4) is 0 Å². The molecule has 1 atom stereocenters. The second kappa shape index (κ2) is 5.08. The van der Waals surface area contributed by atoms with E-state index >= 15 is 0 Å². The standard InChI is InChI=1S/C12H13NO/c1-2-6-11(12(13)14)9-10-7-4-3-5-8-10/h1,3-5,7-8,11H,6,9H2,(H2,13,14)/t11-/m1/s1. The van der Waals surface area contributed by atoms with E-state index < -0.39 is 0 Å². The van der Waals surface area contributed by atoms with E-state index in [-0.39, 0.29) is 11.8 Å². The van der Waals surface area contributed by atoms with Crippen LogP contribution in [-0.4, -0.2) is 5.91 Å². The van der Waals surface area contributed by atoms with Gasteiger partial charge in [-0.3, -0.25) is 4.79 Å². The number of primary amides is 1. The van der Waals surface area contributed by atoms with E-state index in [0.29, 0.717) is 12.8 Å². The van der Waals surface area contributed by atoms with Crippen molar-refractivity contribution in [2.75, 3.05) is 0 Å². The molecule has 0 heterocycles. The number of nitrogens with two attached hydrogens (primary N) is 1. The summed E-state index contributed by atoms with van der Waals surface area (Å²) in [6, 6.07) is 9.73. The summed E-state index contributed by atoms with van der Waals surface area (Å²) in [6.45, 7) is 0. The average Bonchev–Trinajstić information content (AvgIpc) is 2.18. The van der Waals surface area contributed by atoms with E-state index in [1.54, 1.807) is 0 Å². The fourth-order valence-corrected chi connectivity index (χ4v) is 1.31. The Morgan fingerprint density at radius 3 is 2.57 bits per heavy atom. The van der Waals surface area contributed by atoms with Crippen molar-refractivity contribution in [3.63, 3.8) is 0 Å². The second-order valence-corrected chi connectivity index (χ2v) is 3.20. The highest BCUT2D eigenvalue weighted by Gasteiger charge is 2.14. The molecule has 2 nitrogen and oxygen atoms in total. The third-order valence-electron chi connectivity index (χ3n) is 2.09. The minimum atomic E-state index is -0.327. The van der Waals surface area contributed by atoms with Gasteiger partial charge in [-0.2, -0.15) is 0 Å². The maximum atomic E-state index is 11.0. The van der Waals surface area contributed by atoms with Gasteiger partial charge < -0.3 is 5.73 Å². The van der Waals surface area contributed by atoms with Crippen molar-refractivity contribution in [3.05, 3.63) is 35.9 Å². The molecule has 0 fully saturated rings.